The summed E-state index contributed by atoms with van der Waals surface area (Å²) in [5.41, 5.74) is 8.03. The molecule has 0 amide bonds. The number of nitrogens with zero attached hydrogens (tertiary/aromatic N) is 2. The number of nitrogens with two attached hydrogens (primary N) is 1. The minimum absolute atomic E-state index is 0.00829. The maximum Gasteiger partial charge on any atom is 0.261 e. The summed E-state index contributed by atoms with van der Waals surface area (Å²) in [4.78, 5) is 17.1. The van der Waals surface area contributed by atoms with Gasteiger partial charge in [-0.1, -0.05) is 0 Å². The molecule has 4 nitrogen and oxygen atoms in total. The quantitative estimate of drug-likeness (QED) is 0.794. The van der Waals surface area contributed by atoms with Crippen LogP contribution >= 0.6 is 11.3 Å². The van der Waals surface area contributed by atoms with Gasteiger partial charge in [0, 0.05) is 22.7 Å². The van der Waals surface area contributed by atoms with Gasteiger partial charge in [0.05, 0.1) is 5.69 Å². The van der Waals surface area contributed by atoms with E-state index in [1.807, 2.05) is 19.2 Å². The SMILES string of the molecule is Cc1c(C(C)N)nc2scc(C)n2c1=O. The van der Waals surface area contributed by atoms with E-state index in [9.17, 15) is 4.79 Å². The predicted molar refractivity (Wildman–Crippen MR) is 61.4 cm³/mol. The highest BCUT2D eigenvalue weighted by Gasteiger charge is 2.13. The zero-order chi connectivity index (χ0) is 11.2. The first-order valence-corrected chi connectivity index (χ1v) is 5.63. The molecule has 0 aliphatic heterocycles. The lowest BCUT2D eigenvalue weighted by Gasteiger charge is -2.08. The Labute approximate surface area is 91.4 Å². The first-order chi connectivity index (χ1) is 7.02. The summed E-state index contributed by atoms with van der Waals surface area (Å²) in [6.45, 7) is 5.51. The molecule has 0 radical (unpaired) electrons. The lowest BCUT2D eigenvalue weighted by Crippen LogP contribution is -2.23. The van der Waals surface area contributed by atoms with Gasteiger partial charge in [-0.2, -0.15) is 0 Å². The molecule has 2 rings (SSSR count). The van der Waals surface area contributed by atoms with E-state index in [2.05, 4.69) is 4.98 Å². The summed E-state index contributed by atoms with van der Waals surface area (Å²) >= 11 is 1.46. The standard InChI is InChI=1S/C10H13N3OS/c1-5-4-15-10-12-8(7(3)11)6(2)9(14)13(5)10/h4,7H,11H2,1-3H3. The highest BCUT2D eigenvalue weighted by Crippen LogP contribution is 2.16. The van der Waals surface area contributed by atoms with Gasteiger partial charge in [-0.15, -0.1) is 11.3 Å². The first-order valence-electron chi connectivity index (χ1n) is 4.75. The second-order valence-electron chi connectivity index (χ2n) is 3.71. The molecule has 2 heterocycles. The van der Waals surface area contributed by atoms with Crippen LogP contribution in [0.1, 0.15) is 29.9 Å². The van der Waals surface area contributed by atoms with Gasteiger partial charge >= 0.3 is 0 Å². The van der Waals surface area contributed by atoms with E-state index in [0.717, 1.165) is 10.7 Å². The lowest BCUT2D eigenvalue weighted by atomic mass is 10.1. The Morgan fingerprint density at radius 3 is 2.80 bits per heavy atom. The maximum absolute atomic E-state index is 12.0. The van der Waals surface area contributed by atoms with Gasteiger partial charge in [-0.3, -0.25) is 9.20 Å². The van der Waals surface area contributed by atoms with Crippen LogP contribution in [0.4, 0.5) is 0 Å². The molecular weight excluding hydrogens is 210 g/mol. The van der Waals surface area contributed by atoms with Crippen molar-refractivity contribution in [3.63, 3.8) is 0 Å². The molecule has 0 fully saturated rings. The second kappa shape index (κ2) is 3.43. The van der Waals surface area contributed by atoms with Gasteiger partial charge in [0.1, 0.15) is 0 Å². The first kappa shape index (κ1) is 10.3. The van der Waals surface area contributed by atoms with E-state index < -0.39 is 0 Å². The molecule has 0 saturated carbocycles. The molecule has 0 spiro atoms. The largest absolute Gasteiger partial charge is 0.323 e. The molecule has 2 aromatic rings. The molecule has 80 valence electrons. The van der Waals surface area contributed by atoms with Crippen molar-refractivity contribution in [2.45, 2.75) is 26.8 Å². The van der Waals surface area contributed by atoms with Crippen molar-refractivity contribution in [1.29, 1.82) is 0 Å². The van der Waals surface area contributed by atoms with Crippen LogP contribution in [0, 0.1) is 13.8 Å². The van der Waals surface area contributed by atoms with Crippen LogP contribution in [0.2, 0.25) is 0 Å². The molecule has 2 aromatic heterocycles. The van der Waals surface area contributed by atoms with Crippen molar-refractivity contribution < 1.29 is 0 Å². The molecule has 0 aromatic carbocycles. The van der Waals surface area contributed by atoms with Crippen LogP contribution < -0.4 is 11.3 Å². The van der Waals surface area contributed by atoms with Crippen LogP contribution in [0.5, 0.6) is 0 Å². The van der Waals surface area contributed by atoms with Crippen molar-refractivity contribution >= 4 is 16.3 Å². The number of fused-ring (bicyclic) bond motifs is 1. The minimum Gasteiger partial charge on any atom is -0.323 e. The van der Waals surface area contributed by atoms with Crippen molar-refractivity contribution in [3.05, 3.63) is 32.7 Å². The number of hydrogen-bond acceptors (Lipinski definition) is 4. The molecule has 0 saturated heterocycles. The van der Waals surface area contributed by atoms with Crippen molar-refractivity contribution in [1.82, 2.24) is 9.38 Å². The monoisotopic (exact) mass is 223 g/mol. The maximum atomic E-state index is 12.0. The van der Waals surface area contributed by atoms with E-state index in [0.29, 0.717) is 11.3 Å². The summed E-state index contributed by atoms with van der Waals surface area (Å²) in [6, 6.07) is -0.204. The van der Waals surface area contributed by atoms with Crippen molar-refractivity contribution in [2.75, 3.05) is 0 Å². The highest BCUT2D eigenvalue weighted by molar-refractivity contribution is 7.15. The fourth-order valence-corrected chi connectivity index (χ4v) is 2.49. The summed E-state index contributed by atoms with van der Waals surface area (Å²) in [6.07, 6.45) is 0. The average Bonchev–Trinajstić information content (AvgIpc) is 2.53. The second-order valence-corrected chi connectivity index (χ2v) is 4.55. The Hall–Kier alpha value is -1.20. The van der Waals surface area contributed by atoms with Gasteiger partial charge < -0.3 is 5.73 Å². The molecule has 0 bridgehead atoms. The number of aryl methyl sites for hydroxylation is 1. The molecule has 5 heteroatoms. The number of hydrogen-bond donors (Lipinski definition) is 1. The van der Waals surface area contributed by atoms with E-state index in [1.165, 1.54) is 11.3 Å². The zero-order valence-electron chi connectivity index (χ0n) is 8.94. The Morgan fingerprint density at radius 2 is 2.20 bits per heavy atom. The third kappa shape index (κ3) is 1.48. The third-order valence-electron chi connectivity index (χ3n) is 2.43. The molecule has 2 N–H and O–H groups in total. The van der Waals surface area contributed by atoms with Crippen LogP contribution in [0.15, 0.2) is 10.2 Å². The smallest absolute Gasteiger partial charge is 0.261 e. The normalized spacial score (nSPS) is 13.3. The summed E-state index contributed by atoms with van der Waals surface area (Å²) in [5.74, 6) is 0. The molecule has 1 unspecified atom stereocenters. The lowest BCUT2D eigenvalue weighted by molar-refractivity contribution is 0.762. The van der Waals surface area contributed by atoms with Crippen LogP contribution in [-0.2, 0) is 0 Å². The number of aromatic nitrogens is 2. The Bertz CT molecular complexity index is 568. The van der Waals surface area contributed by atoms with Crippen LogP contribution in [0.3, 0.4) is 0 Å². The molecule has 1 atom stereocenters. The highest BCUT2D eigenvalue weighted by atomic mass is 32.1. The van der Waals surface area contributed by atoms with Gasteiger partial charge in [0.2, 0.25) is 0 Å². The Morgan fingerprint density at radius 1 is 1.53 bits per heavy atom. The van der Waals surface area contributed by atoms with Gasteiger partial charge in [-0.25, -0.2) is 4.98 Å². The molecule has 15 heavy (non-hydrogen) atoms. The Kier molecular flexibility index (Phi) is 2.36. The van der Waals surface area contributed by atoms with E-state index >= 15 is 0 Å². The van der Waals surface area contributed by atoms with Crippen molar-refractivity contribution in [3.8, 4) is 0 Å². The summed E-state index contributed by atoms with van der Waals surface area (Å²) in [7, 11) is 0. The average molecular weight is 223 g/mol. The fraction of sp³-hybridized carbons (Fsp3) is 0.400. The van der Waals surface area contributed by atoms with Crippen LogP contribution in [0.25, 0.3) is 4.96 Å². The minimum atomic E-state index is -0.204. The molecular formula is C10H13N3OS. The zero-order valence-corrected chi connectivity index (χ0v) is 9.76. The molecule has 0 aliphatic carbocycles. The summed E-state index contributed by atoms with van der Waals surface area (Å²) in [5, 5.41) is 1.92. The Balaban J connectivity index is 2.91. The van der Waals surface area contributed by atoms with Gasteiger partial charge in [0.15, 0.2) is 4.96 Å². The topological polar surface area (TPSA) is 60.4 Å². The number of rotatable bonds is 1. The van der Waals surface area contributed by atoms with E-state index in [-0.39, 0.29) is 11.6 Å². The summed E-state index contributed by atoms with van der Waals surface area (Å²) < 4.78 is 1.63. The van der Waals surface area contributed by atoms with Crippen LogP contribution in [-0.4, -0.2) is 9.38 Å². The van der Waals surface area contributed by atoms with Crippen molar-refractivity contribution in [2.24, 2.45) is 5.73 Å². The third-order valence-corrected chi connectivity index (χ3v) is 3.38. The predicted octanol–water partition coefficient (Wildman–Crippen LogP) is 1.39. The van der Waals surface area contributed by atoms with E-state index in [4.69, 9.17) is 5.73 Å². The molecule has 0 aliphatic rings. The van der Waals surface area contributed by atoms with E-state index in [1.54, 1.807) is 11.3 Å². The number of thiazole rings is 1. The van der Waals surface area contributed by atoms with Gasteiger partial charge in [-0.05, 0) is 20.8 Å². The van der Waals surface area contributed by atoms with Gasteiger partial charge in [0.25, 0.3) is 5.56 Å². The fourth-order valence-electron chi connectivity index (χ4n) is 1.63.